The summed E-state index contributed by atoms with van der Waals surface area (Å²) in [7, 11) is 0. The molecular formula is C16H14N4O2. The minimum atomic E-state index is -0.416. The van der Waals surface area contributed by atoms with Gasteiger partial charge in [-0.3, -0.25) is 15.1 Å². The number of nitrogens with zero attached hydrogens (tertiary/aromatic N) is 3. The summed E-state index contributed by atoms with van der Waals surface area (Å²) in [5, 5.41) is 15.2. The quantitative estimate of drug-likeness (QED) is 0.586. The number of para-hydroxylation sites is 1. The third-order valence-electron chi connectivity index (χ3n) is 3.46. The molecule has 3 aromatic rings. The summed E-state index contributed by atoms with van der Waals surface area (Å²) in [6.45, 7) is 1.93. The monoisotopic (exact) mass is 294 g/mol. The minimum absolute atomic E-state index is 0.0281. The zero-order valence-electron chi connectivity index (χ0n) is 11.9. The summed E-state index contributed by atoms with van der Waals surface area (Å²) in [6, 6.07) is 12.5. The molecular weight excluding hydrogens is 280 g/mol. The summed E-state index contributed by atoms with van der Waals surface area (Å²) >= 11 is 0. The maximum Gasteiger partial charge on any atom is 0.312 e. The van der Waals surface area contributed by atoms with Crippen LogP contribution in [0.4, 0.5) is 11.5 Å². The molecule has 1 aromatic carbocycles. The van der Waals surface area contributed by atoms with Gasteiger partial charge in [-0.25, -0.2) is 4.98 Å². The highest BCUT2D eigenvalue weighted by Crippen LogP contribution is 2.29. The van der Waals surface area contributed by atoms with Crippen molar-refractivity contribution in [3.63, 3.8) is 0 Å². The zero-order valence-corrected chi connectivity index (χ0v) is 11.9. The van der Waals surface area contributed by atoms with Gasteiger partial charge in [0, 0.05) is 23.8 Å². The molecule has 0 aliphatic carbocycles. The van der Waals surface area contributed by atoms with Crippen LogP contribution in [-0.4, -0.2) is 14.9 Å². The average molecular weight is 294 g/mol. The van der Waals surface area contributed by atoms with Crippen molar-refractivity contribution in [2.45, 2.75) is 13.0 Å². The molecule has 1 unspecified atom stereocenters. The standard InChI is InChI=1S/C16H14N4O2/c1-11(12-6-8-17-9-7-12)18-16-15(20(21)22)10-13-4-2-3-5-14(13)19-16/h2-11H,1H3,(H,18,19). The first-order valence-electron chi connectivity index (χ1n) is 6.86. The molecule has 0 saturated carbocycles. The molecule has 0 bridgehead atoms. The minimum Gasteiger partial charge on any atom is -0.358 e. The Hall–Kier alpha value is -3.02. The Labute approximate surface area is 127 Å². The number of nitro groups is 1. The van der Waals surface area contributed by atoms with E-state index >= 15 is 0 Å². The third-order valence-corrected chi connectivity index (χ3v) is 3.46. The van der Waals surface area contributed by atoms with Crippen LogP contribution < -0.4 is 5.32 Å². The Morgan fingerprint density at radius 1 is 1.18 bits per heavy atom. The van der Waals surface area contributed by atoms with Gasteiger partial charge in [-0.2, -0.15) is 0 Å². The SMILES string of the molecule is CC(Nc1nc2ccccc2cc1[N+](=O)[O-])c1ccncc1. The van der Waals surface area contributed by atoms with Crippen LogP contribution in [0.1, 0.15) is 18.5 Å². The lowest BCUT2D eigenvalue weighted by atomic mass is 10.1. The fraction of sp³-hybridized carbons (Fsp3) is 0.125. The van der Waals surface area contributed by atoms with E-state index in [9.17, 15) is 10.1 Å². The van der Waals surface area contributed by atoms with Crippen LogP contribution in [0.15, 0.2) is 54.9 Å². The Kier molecular flexibility index (Phi) is 3.65. The van der Waals surface area contributed by atoms with E-state index in [1.54, 1.807) is 18.5 Å². The molecule has 6 nitrogen and oxygen atoms in total. The maximum atomic E-state index is 11.3. The molecule has 0 spiro atoms. The van der Waals surface area contributed by atoms with Crippen molar-refractivity contribution in [3.05, 3.63) is 70.5 Å². The van der Waals surface area contributed by atoms with Gasteiger partial charge in [-0.1, -0.05) is 18.2 Å². The van der Waals surface area contributed by atoms with Gasteiger partial charge in [0.25, 0.3) is 0 Å². The number of rotatable bonds is 4. The number of hydrogen-bond acceptors (Lipinski definition) is 5. The number of hydrogen-bond donors (Lipinski definition) is 1. The second-order valence-electron chi connectivity index (χ2n) is 4.95. The first kappa shape index (κ1) is 13.9. The van der Waals surface area contributed by atoms with E-state index in [1.165, 1.54) is 0 Å². The van der Waals surface area contributed by atoms with Crippen LogP contribution in [0.3, 0.4) is 0 Å². The predicted octanol–water partition coefficient (Wildman–Crippen LogP) is 3.71. The number of pyridine rings is 2. The largest absolute Gasteiger partial charge is 0.358 e. The summed E-state index contributed by atoms with van der Waals surface area (Å²) in [5.41, 5.74) is 1.68. The van der Waals surface area contributed by atoms with Crippen molar-refractivity contribution in [2.75, 3.05) is 5.32 Å². The molecule has 1 N–H and O–H groups in total. The molecule has 110 valence electrons. The average Bonchev–Trinajstić information content (AvgIpc) is 2.54. The van der Waals surface area contributed by atoms with Gasteiger partial charge in [0.2, 0.25) is 5.82 Å². The topological polar surface area (TPSA) is 81.0 Å². The highest BCUT2D eigenvalue weighted by molar-refractivity contribution is 5.84. The summed E-state index contributed by atoms with van der Waals surface area (Å²) in [5.74, 6) is 0.271. The zero-order chi connectivity index (χ0) is 15.5. The number of aromatic nitrogens is 2. The van der Waals surface area contributed by atoms with Crippen molar-refractivity contribution >= 4 is 22.4 Å². The smallest absolute Gasteiger partial charge is 0.312 e. The Balaban J connectivity index is 2.01. The van der Waals surface area contributed by atoms with Crippen LogP contribution in [0.5, 0.6) is 0 Å². The lowest BCUT2D eigenvalue weighted by Gasteiger charge is -2.15. The summed E-state index contributed by atoms with van der Waals surface area (Å²) in [4.78, 5) is 19.2. The number of nitrogens with one attached hydrogen (secondary N) is 1. The molecule has 0 aliphatic heterocycles. The number of benzene rings is 1. The van der Waals surface area contributed by atoms with Gasteiger partial charge in [-0.05, 0) is 30.7 Å². The van der Waals surface area contributed by atoms with Crippen molar-refractivity contribution in [1.82, 2.24) is 9.97 Å². The molecule has 2 heterocycles. The summed E-state index contributed by atoms with van der Waals surface area (Å²) < 4.78 is 0. The molecule has 0 amide bonds. The molecule has 1 atom stereocenters. The van der Waals surface area contributed by atoms with E-state index in [0.29, 0.717) is 0 Å². The van der Waals surface area contributed by atoms with Crippen molar-refractivity contribution in [2.24, 2.45) is 0 Å². The van der Waals surface area contributed by atoms with Crippen LogP contribution >= 0.6 is 0 Å². The third kappa shape index (κ3) is 2.71. The van der Waals surface area contributed by atoms with E-state index in [1.807, 2.05) is 43.3 Å². The molecule has 2 aromatic heterocycles. The Bertz CT molecular complexity index is 821. The second kappa shape index (κ2) is 5.77. The van der Waals surface area contributed by atoms with Crippen LogP contribution in [0, 0.1) is 10.1 Å². The Morgan fingerprint density at radius 2 is 1.91 bits per heavy atom. The highest BCUT2D eigenvalue weighted by atomic mass is 16.6. The first-order chi connectivity index (χ1) is 10.6. The van der Waals surface area contributed by atoms with Gasteiger partial charge in [0.1, 0.15) is 0 Å². The fourth-order valence-corrected chi connectivity index (χ4v) is 2.29. The predicted molar refractivity (Wildman–Crippen MR) is 84.7 cm³/mol. The lowest BCUT2D eigenvalue weighted by Crippen LogP contribution is -2.10. The van der Waals surface area contributed by atoms with Crippen LogP contribution in [0.25, 0.3) is 10.9 Å². The van der Waals surface area contributed by atoms with Crippen molar-refractivity contribution in [3.8, 4) is 0 Å². The van der Waals surface area contributed by atoms with Crippen LogP contribution in [-0.2, 0) is 0 Å². The fourth-order valence-electron chi connectivity index (χ4n) is 2.29. The number of fused-ring (bicyclic) bond motifs is 1. The molecule has 0 fully saturated rings. The number of anilines is 1. The lowest BCUT2D eigenvalue weighted by molar-refractivity contribution is -0.384. The van der Waals surface area contributed by atoms with E-state index < -0.39 is 4.92 Å². The van der Waals surface area contributed by atoms with Gasteiger partial charge in [0.15, 0.2) is 0 Å². The molecule has 0 radical (unpaired) electrons. The summed E-state index contributed by atoms with van der Waals surface area (Å²) in [6.07, 6.45) is 3.38. The molecule has 22 heavy (non-hydrogen) atoms. The first-order valence-corrected chi connectivity index (χ1v) is 6.86. The Morgan fingerprint density at radius 3 is 2.64 bits per heavy atom. The van der Waals surface area contributed by atoms with Gasteiger partial charge in [-0.15, -0.1) is 0 Å². The van der Waals surface area contributed by atoms with E-state index in [2.05, 4.69) is 15.3 Å². The maximum absolute atomic E-state index is 11.3. The second-order valence-corrected chi connectivity index (χ2v) is 4.95. The van der Waals surface area contributed by atoms with Crippen LogP contribution in [0.2, 0.25) is 0 Å². The molecule has 0 aliphatic rings. The molecule has 3 rings (SSSR count). The van der Waals surface area contributed by atoms with Gasteiger partial charge < -0.3 is 5.32 Å². The van der Waals surface area contributed by atoms with E-state index in [0.717, 1.165) is 16.5 Å². The van der Waals surface area contributed by atoms with E-state index in [4.69, 9.17) is 0 Å². The molecule has 6 heteroatoms. The van der Waals surface area contributed by atoms with Crippen molar-refractivity contribution < 1.29 is 4.92 Å². The van der Waals surface area contributed by atoms with E-state index in [-0.39, 0.29) is 17.5 Å². The normalized spacial score (nSPS) is 12.0. The van der Waals surface area contributed by atoms with Gasteiger partial charge >= 0.3 is 5.69 Å². The molecule has 0 saturated heterocycles. The highest BCUT2D eigenvalue weighted by Gasteiger charge is 2.19. The van der Waals surface area contributed by atoms with Gasteiger partial charge in [0.05, 0.1) is 16.5 Å². The van der Waals surface area contributed by atoms with Crippen molar-refractivity contribution in [1.29, 1.82) is 0 Å².